The number of Topliss-reactive ketones (excluding diaryl/α,β-unsaturated/α-hetero) is 1. The number of carbonyl (C=O) groups excluding carboxylic acids is 3. The van der Waals surface area contributed by atoms with Crippen molar-refractivity contribution in [2.45, 2.75) is 65.0 Å². The molecular formula is C28H33N3O5. The number of rotatable bonds is 7. The van der Waals surface area contributed by atoms with E-state index in [-0.39, 0.29) is 12.3 Å². The number of ether oxygens (including phenoxy) is 2. The molecule has 1 N–H and O–H groups in total. The van der Waals surface area contributed by atoms with Crippen LogP contribution < -0.4 is 14.8 Å². The predicted octanol–water partition coefficient (Wildman–Crippen LogP) is 4.42. The normalized spacial score (nSPS) is 21.4. The van der Waals surface area contributed by atoms with E-state index >= 15 is 0 Å². The van der Waals surface area contributed by atoms with Gasteiger partial charge in [-0.25, -0.2) is 4.79 Å². The zero-order valence-electron chi connectivity index (χ0n) is 21.2. The molecule has 0 radical (unpaired) electrons. The lowest BCUT2D eigenvalue weighted by atomic mass is 9.91. The van der Waals surface area contributed by atoms with Crippen LogP contribution in [0.2, 0.25) is 0 Å². The Morgan fingerprint density at radius 1 is 1.08 bits per heavy atom. The fraction of sp³-hybridized carbons (Fsp3) is 0.464. The highest BCUT2D eigenvalue weighted by molar-refractivity contribution is 6.11. The molecule has 1 aromatic heterocycles. The van der Waals surface area contributed by atoms with E-state index in [1.807, 2.05) is 19.9 Å². The lowest BCUT2D eigenvalue weighted by Gasteiger charge is -2.25. The molecule has 0 saturated carbocycles. The highest BCUT2D eigenvalue weighted by atomic mass is 16.6. The zero-order chi connectivity index (χ0) is 25.4. The SMILES string of the molecule is Cc1cc(C(=O)CN2C(=O)N[C@@](C)(c3ccc4c(c3)OCCO4)C2=O)c(C)n1CCC1=CCCCC1. The maximum atomic E-state index is 13.4. The summed E-state index contributed by atoms with van der Waals surface area (Å²) >= 11 is 0. The van der Waals surface area contributed by atoms with Gasteiger partial charge in [0, 0.05) is 23.5 Å². The first-order valence-corrected chi connectivity index (χ1v) is 12.7. The molecule has 1 fully saturated rings. The van der Waals surface area contributed by atoms with Crippen LogP contribution in [-0.2, 0) is 16.9 Å². The molecule has 1 saturated heterocycles. The van der Waals surface area contributed by atoms with Gasteiger partial charge in [-0.3, -0.25) is 14.5 Å². The quantitative estimate of drug-likeness (QED) is 0.352. The number of amides is 3. The van der Waals surface area contributed by atoms with Gasteiger partial charge in [-0.15, -0.1) is 0 Å². The molecule has 1 aromatic carbocycles. The van der Waals surface area contributed by atoms with E-state index in [0.717, 1.165) is 42.1 Å². The number of hydrogen-bond donors (Lipinski definition) is 1. The number of carbonyl (C=O) groups is 3. The zero-order valence-corrected chi connectivity index (χ0v) is 21.2. The van der Waals surface area contributed by atoms with Crippen LogP contribution in [-0.4, -0.2) is 46.9 Å². The lowest BCUT2D eigenvalue weighted by Crippen LogP contribution is -2.41. The van der Waals surface area contributed by atoms with E-state index < -0.39 is 17.5 Å². The third-order valence-electron chi connectivity index (χ3n) is 7.61. The number of fused-ring (bicyclic) bond motifs is 1. The van der Waals surface area contributed by atoms with Gasteiger partial charge in [-0.1, -0.05) is 17.7 Å². The largest absolute Gasteiger partial charge is 0.486 e. The predicted molar refractivity (Wildman–Crippen MR) is 134 cm³/mol. The van der Waals surface area contributed by atoms with Crippen LogP contribution in [0.25, 0.3) is 0 Å². The van der Waals surface area contributed by atoms with Crippen LogP contribution in [0, 0.1) is 13.8 Å². The summed E-state index contributed by atoms with van der Waals surface area (Å²) in [6, 6.07) is 6.48. The highest BCUT2D eigenvalue weighted by Crippen LogP contribution is 2.37. The van der Waals surface area contributed by atoms with Crippen LogP contribution in [0.15, 0.2) is 35.9 Å². The molecule has 0 bridgehead atoms. The van der Waals surface area contributed by atoms with E-state index in [9.17, 15) is 14.4 Å². The van der Waals surface area contributed by atoms with Crippen molar-refractivity contribution in [2.24, 2.45) is 0 Å². The molecule has 190 valence electrons. The number of ketones is 1. The number of nitrogens with zero attached hydrogens (tertiary/aromatic N) is 2. The Morgan fingerprint density at radius 3 is 2.61 bits per heavy atom. The third-order valence-corrected chi connectivity index (χ3v) is 7.61. The molecule has 3 heterocycles. The fourth-order valence-corrected chi connectivity index (χ4v) is 5.43. The summed E-state index contributed by atoms with van der Waals surface area (Å²) in [4.78, 5) is 40.6. The third kappa shape index (κ3) is 4.29. The summed E-state index contributed by atoms with van der Waals surface area (Å²) in [5.74, 6) is 0.428. The molecule has 8 heteroatoms. The topological polar surface area (TPSA) is 89.9 Å². The number of urea groups is 1. The molecule has 8 nitrogen and oxygen atoms in total. The number of aryl methyl sites for hydroxylation is 1. The first-order valence-electron chi connectivity index (χ1n) is 12.7. The molecule has 3 amide bonds. The summed E-state index contributed by atoms with van der Waals surface area (Å²) in [6.07, 6.45) is 8.14. The maximum absolute atomic E-state index is 13.4. The van der Waals surface area contributed by atoms with Gasteiger partial charge >= 0.3 is 6.03 Å². The first-order chi connectivity index (χ1) is 17.3. The number of nitrogens with one attached hydrogen (secondary N) is 1. The Labute approximate surface area is 211 Å². The van der Waals surface area contributed by atoms with Crippen molar-refractivity contribution < 1.29 is 23.9 Å². The van der Waals surface area contributed by atoms with Crippen LogP contribution >= 0.6 is 0 Å². The molecule has 0 spiro atoms. The summed E-state index contributed by atoms with van der Waals surface area (Å²) in [5.41, 5.74) is 3.20. The standard InChI is InChI=1S/C28H33N3O5/c1-18-15-22(19(2)30(18)12-11-20-7-5-4-6-8-20)23(32)17-31-26(33)28(3,29-27(31)34)21-9-10-24-25(16-21)36-14-13-35-24/h7,9-10,15-16H,4-6,8,11-14,17H2,1-3H3,(H,29,34)/t28-/m0/s1. The van der Waals surface area contributed by atoms with Crippen LogP contribution in [0.5, 0.6) is 11.5 Å². The minimum absolute atomic E-state index is 0.249. The van der Waals surface area contributed by atoms with E-state index in [1.54, 1.807) is 25.1 Å². The average molecular weight is 492 g/mol. The molecule has 36 heavy (non-hydrogen) atoms. The molecule has 3 aliphatic rings. The second kappa shape index (κ2) is 9.48. The number of allylic oxidation sites excluding steroid dienone is 2. The Hall–Kier alpha value is -3.55. The molecule has 5 rings (SSSR count). The van der Waals surface area contributed by atoms with Crippen LogP contribution in [0.4, 0.5) is 4.79 Å². The highest BCUT2D eigenvalue weighted by Gasteiger charge is 2.50. The van der Waals surface area contributed by atoms with Gasteiger partial charge < -0.3 is 19.4 Å². The van der Waals surface area contributed by atoms with Crippen molar-refractivity contribution in [3.05, 3.63) is 58.4 Å². The molecule has 2 aromatic rings. The van der Waals surface area contributed by atoms with Gasteiger partial charge in [0.2, 0.25) is 0 Å². The van der Waals surface area contributed by atoms with Gasteiger partial charge in [-0.05, 0) is 76.6 Å². The van der Waals surface area contributed by atoms with Gasteiger partial charge in [0.05, 0.1) is 6.54 Å². The van der Waals surface area contributed by atoms with Crippen molar-refractivity contribution in [2.75, 3.05) is 19.8 Å². The Kier molecular flexibility index (Phi) is 6.36. The van der Waals surface area contributed by atoms with Crippen molar-refractivity contribution >= 4 is 17.7 Å². The molecule has 1 atom stereocenters. The maximum Gasteiger partial charge on any atom is 0.325 e. The summed E-state index contributed by atoms with van der Waals surface area (Å²) in [6.45, 7) is 6.97. The number of benzene rings is 1. The van der Waals surface area contributed by atoms with Crippen LogP contribution in [0.1, 0.15) is 66.3 Å². The van der Waals surface area contributed by atoms with Gasteiger partial charge in [0.25, 0.3) is 5.91 Å². The van der Waals surface area contributed by atoms with Gasteiger partial charge in [0.15, 0.2) is 17.3 Å². The Balaban J connectivity index is 1.31. The summed E-state index contributed by atoms with van der Waals surface area (Å²) in [5, 5.41) is 2.78. The second-order valence-corrected chi connectivity index (χ2v) is 10.0. The average Bonchev–Trinajstić information content (AvgIpc) is 3.29. The van der Waals surface area contributed by atoms with E-state index in [0.29, 0.717) is 35.8 Å². The van der Waals surface area contributed by atoms with Gasteiger partial charge in [0.1, 0.15) is 18.8 Å². The number of hydrogen-bond acceptors (Lipinski definition) is 5. The molecule has 1 aliphatic carbocycles. The Bertz CT molecular complexity index is 1260. The number of imide groups is 1. The lowest BCUT2D eigenvalue weighted by molar-refractivity contribution is -0.130. The minimum atomic E-state index is -1.29. The van der Waals surface area contributed by atoms with Crippen molar-refractivity contribution in [1.82, 2.24) is 14.8 Å². The monoisotopic (exact) mass is 491 g/mol. The van der Waals surface area contributed by atoms with Crippen LogP contribution in [0.3, 0.4) is 0 Å². The molecular weight excluding hydrogens is 458 g/mol. The summed E-state index contributed by atoms with van der Waals surface area (Å²) in [7, 11) is 0. The van der Waals surface area contributed by atoms with Crippen molar-refractivity contribution in [3.63, 3.8) is 0 Å². The Morgan fingerprint density at radius 2 is 1.86 bits per heavy atom. The minimum Gasteiger partial charge on any atom is -0.486 e. The second-order valence-electron chi connectivity index (χ2n) is 10.0. The molecule has 2 aliphatic heterocycles. The summed E-state index contributed by atoms with van der Waals surface area (Å²) < 4.78 is 13.4. The van der Waals surface area contributed by atoms with Crippen molar-refractivity contribution in [1.29, 1.82) is 0 Å². The molecule has 0 unspecified atom stereocenters. The van der Waals surface area contributed by atoms with Gasteiger partial charge in [-0.2, -0.15) is 0 Å². The first kappa shape index (κ1) is 24.2. The van der Waals surface area contributed by atoms with E-state index in [4.69, 9.17) is 9.47 Å². The van der Waals surface area contributed by atoms with E-state index in [1.165, 1.54) is 18.4 Å². The fourth-order valence-electron chi connectivity index (χ4n) is 5.43. The number of aromatic nitrogens is 1. The smallest absolute Gasteiger partial charge is 0.325 e. The van der Waals surface area contributed by atoms with E-state index in [2.05, 4.69) is 16.0 Å². The van der Waals surface area contributed by atoms with Crippen molar-refractivity contribution in [3.8, 4) is 11.5 Å².